The molecule has 0 bridgehead atoms. The second kappa shape index (κ2) is 6.76. The van der Waals surface area contributed by atoms with E-state index < -0.39 is 35.9 Å². The molecule has 0 spiro atoms. The smallest absolute Gasteiger partial charge is 0.417 e. The number of cyclic esters (lactones) is 1. The van der Waals surface area contributed by atoms with E-state index in [-0.39, 0.29) is 5.92 Å². The molecule has 3 atom stereocenters. The quantitative estimate of drug-likeness (QED) is 0.432. The van der Waals surface area contributed by atoms with Gasteiger partial charge in [0.05, 0.1) is 17.9 Å². The summed E-state index contributed by atoms with van der Waals surface area (Å²) in [6.07, 6.45) is 1.93. The third kappa shape index (κ3) is 3.41. The molecule has 1 fully saturated rings. The summed E-state index contributed by atoms with van der Waals surface area (Å²) in [5.74, 6) is -1.14. The summed E-state index contributed by atoms with van der Waals surface area (Å²) in [4.78, 5) is 38.7. The second-order valence-electron chi connectivity index (χ2n) is 8.44. The average molecular weight is 397 g/mol. The summed E-state index contributed by atoms with van der Waals surface area (Å²) in [7, 11) is 0. The molecule has 1 saturated heterocycles. The van der Waals surface area contributed by atoms with Gasteiger partial charge in [0.25, 0.3) is 12.2 Å². The van der Waals surface area contributed by atoms with Gasteiger partial charge in [0.15, 0.2) is 0 Å². The van der Waals surface area contributed by atoms with Crippen LogP contribution in [0.2, 0.25) is 0 Å². The second-order valence-corrected chi connectivity index (χ2v) is 8.44. The molecule has 1 aromatic carbocycles. The molecule has 4 rings (SSSR count). The van der Waals surface area contributed by atoms with Crippen molar-refractivity contribution in [3.63, 3.8) is 0 Å². The first-order valence-corrected chi connectivity index (χ1v) is 9.55. The van der Waals surface area contributed by atoms with E-state index in [2.05, 4.69) is 0 Å². The van der Waals surface area contributed by atoms with Crippen molar-refractivity contribution in [3.8, 4) is 0 Å². The first-order valence-electron chi connectivity index (χ1n) is 9.55. The maximum absolute atomic E-state index is 13.1. The lowest BCUT2D eigenvalue weighted by Crippen LogP contribution is -2.39. The van der Waals surface area contributed by atoms with Crippen LogP contribution >= 0.6 is 0 Å². The van der Waals surface area contributed by atoms with Crippen LogP contribution in [0.15, 0.2) is 47.7 Å². The minimum Gasteiger partial charge on any atom is -0.458 e. The largest absolute Gasteiger partial charge is 0.458 e. The predicted octanol–water partition coefficient (Wildman–Crippen LogP) is 3.41. The molecule has 2 heterocycles. The zero-order valence-electron chi connectivity index (χ0n) is 16.8. The summed E-state index contributed by atoms with van der Waals surface area (Å²) < 4.78 is 16.1. The number of amides is 2. The Morgan fingerprint density at radius 3 is 2.62 bits per heavy atom. The van der Waals surface area contributed by atoms with E-state index in [1.165, 1.54) is 11.2 Å². The molecule has 3 unspecified atom stereocenters. The standard InChI is InChI=1S/C22H23NO6/c1-12-9-17(28-20(12)25)27-11-16-15-10-13-7-5-6-8-14(13)18(15)23(19(16)24)21(26)29-22(2,3)4/h5-9,11,15,17-18H,10H2,1-4H3/b16-11+. The highest BCUT2D eigenvalue weighted by atomic mass is 16.7. The fourth-order valence-electron chi connectivity index (χ4n) is 3.95. The fourth-order valence-corrected chi connectivity index (χ4v) is 3.95. The first-order chi connectivity index (χ1) is 13.7. The van der Waals surface area contributed by atoms with Gasteiger partial charge in [0.1, 0.15) is 5.60 Å². The first kappa shape index (κ1) is 19.2. The van der Waals surface area contributed by atoms with Crippen LogP contribution < -0.4 is 0 Å². The number of rotatable bonds is 2. The van der Waals surface area contributed by atoms with Crippen LogP contribution in [0.5, 0.6) is 0 Å². The van der Waals surface area contributed by atoms with E-state index in [0.29, 0.717) is 17.6 Å². The van der Waals surface area contributed by atoms with Crippen LogP contribution in [-0.2, 0) is 30.2 Å². The highest BCUT2D eigenvalue weighted by Crippen LogP contribution is 2.50. The number of hydrogen-bond donors (Lipinski definition) is 0. The average Bonchev–Trinajstić information content (AvgIpc) is 3.23. The molecule has 3 aliphatic rings. The van der Waals surface area contributed by atoms with Crippen molar-refractivity contribution in [1.82, 2.24) is 4.90 Å². The maximum atomic E-state index is 13.1. The molecule has 7 nitrogen and oxygen atoms in total. The van der Waals surface area contributed by atoms with Gasteiger partial charge in [0, 0.05) is 17.6 Å². The van der Waals surface area contributed by atoms with Crippen LogP contribution in [0.25, 0.3) is 0 Å². The summed E-state index contributed by atoms with van der Waals surface area (Å²) in [5.41, 5.74) is 2.10. The SMILES string of the molecule is CC1=CC(O/C=C2/C(=O)N(C(=O)OC(C)(C)C)C3c4ccccc4CC23)OC1=O. The molecule has 0 N–H and O–H groups in total. The minimum absolute atomic E-state index is 0.241. The van der Waals surface area contributed by atoms with Crippen molar-refractivity contribution < 1.29 is 28.6 Å². The van der Waals surface area contributed by atoms with Gasteiger partial charge in [-0.3, -0.25) is 4.79 Å². The number of nitrogens with zero attached hydrogens (tertiary/aromatic N) is 1. The Hall–Kier alpha value is -3.09. The van der Waals surface area contributed by atoms with Crippen molar-refractivity contribution in [2.75, 3.05) is 0 Å². The fraction of sp³-hybridized carbons (Fsp3) is 0.409. The summed E-state index contributed by atoms with van der Waals surface area (Å²) in [6.45, 7) is 6.91. The Kier molecular flexibility index (Phi) is 4.48. The van der Waals surface area contributed by atoms with Crippen molar-refractivity contribution in [1.29, 1.82) is 0 Å². The molecule has 2 aliphatic heterocycles. The number of hydrogen-bond acceptors (Lipinski definition) is 6. The Labute approximate surface area is 168 Å². The topological polar surface area (TPSA) is 82.1 Å². The van der Waals surface area contributed by atoms with Crippen LogP contribution in [-0.4, -0.2) is 34.8 Å². The van der Waals surface area contributed by atoms with Gasteiger partial charge in [-0.2, -0.15) is 0 Å². The molecule has 1 aromatic rings. The molecule has 1 aliphatic carbocycles. The lowest BCUT2D eigenvalue weighted by Gasteiger charge is -2.27. The van der Waals surface area contributed by atoms with Gasteiger partial charge in [-0.05, 0) is 45.2 Å². The van der Waals surface area contributed by atoms with Crippen LogP contribution in [0.4, 0.5) is 4.79 Å². The molecule has 2 amide bonds. The third-order valence-corrected chi connectivity index (χ3v) is 5.19. The van der Waals surface area contributed by atoms with Crippen molar-refractivity contribution in [2.24, 2.45) is 5.92 Å². The Morgan fingerprint density at radius 1 is 1.24 bits per heavy atom. The molecule has 152 valence electrons. The van der Waals surface area contributed by atoms with Gasteiger partial charge in [-0.1, -0.05) is 24.3 Å². The van der Waals surface area contributed by atoms with Gasteiger partial charge in [0.2, 0.25) is 0 Å². The van der Waals surface area contributed by atoms with Gasteiger partial charge < -0.3 is 14.2 Å². The van der Waals surface area contributed by atoms with E-state index in [4.69, 9.17) is 14.2 Å². The number of ether oxygens (including phenoxy) is 3. The summed E-state index contributed by atoms with van der Waals surface area (Å²) in [5, 5.41) is 0. The van der Waals surface area contributed by atoms with E-state index >= 15 is 0 Å². The summed E-state index contributed by atoms with van der Waals surface area (Å²) in [6, 6.07) is 7.31. The van der Waals surface area contributed by atoms with E-state index in [9.17, 15) is 14.4 Å². The molecular weight excluding hydrogens is 374 g/mol. The number of carbonyl (C=O) groups is 3. The number of fused-ring (bicyclic) bond motifs is 3. The van der Waals surface area contributed by atoms with Gasteiger partial charge in [-0.15, -0.1) is 0 Å². The lowest BCUT2D eigenvalue weighted by molar-refractivity contribution is -0.152. The van der Waals surface area contributed by atoms with E-state index in [1.54, 1.807) is 33.8 Å². The molecule has 0 aromatic heterocycles. The third-order valence-electron chi connectivity index (χ3n) is 5.19. The maximum Gasteiger partial charge on any atom is 0.417 e. The minimum atomic E-state index is -0.874. The van der Waals surface area contributed by atoms with Crippen LogP contribution in [0.1, 0.15) is 44.9 Å². The normalized spacial score (nSPS) is 26.9. The highest BCUT2D eigenvalue weighted by molar-refractivity contribution is 6.06. The van der Waals surface area contributed by atoms with Crippen molar-refractivity contribution >= 4 is 18.0 Å². The molecule has 29 heavy (non-hydrogen) atoms. The van der Waals surface area contributed by atoms with Crippen LogP contribution in [0.3, 0.4) is 0 Å². The highest BCUT2D eigenvalue weighted by Gasteiger charge is 2.53. The Bertz CT molecular complexity index is 954. The number of imide groups is 1. The van der Waals surface area contributed by atoms with Crippen molar-refractivity contribution in [3.05, 3.63) is 58.9 Å². The monoisotopic (exact) mass is 397 g/mol. The van der Waals surface area contributed by atoms with E-state index in [0.717, 1.165) is 11.1 Å². The van der Waals surface area contributed by atoms with Crippen LogP contribution in [0, 0.1) is 5.92 Å². The molecule has 0 saturated carbocycles. The summed E-state index contributed by atoms with van der Waals surface area (Å²) >= 11 is 0. The number of likely N-dealkylation sites (tertiary alicyclic amines) is 1. The van der Waals surface area contributed by atoms with Gasteiger partial charge >= 0.3 is 12.1 Å². The molecule has 7 heteroatoms. The predicted molar refractivity (Wildman–Crippen MR) is 102 cm³/mol. The number of benzene rings is 1. The number of carbonyl (C=O) groups excluding carboxylic acids is 3. The molecule has 0 radical (unpaired) electrons. The number of esters is 1. The Balaban J connectivity index is 1.66. The van der Waals surface area contributed by atoms with Crippen molar-refractivity contribution in [2.45, 2.75) is 52.0 Å². The molecular formula is C22H23NO6. The zero-order chi connectivity index (χ0) is 20.9. The zero-order valence-corrected chi connectivity index (χ0v) is 16.8. The Morgan fingerprint density at radius 2 is 1.97 bits per heavy atom. The van der Waals surface area contributed by atoms with E-state index in [1.807, 2.05) is 24.3 Å². The van der Waals surface area contributed by atoms with Gasteiger partial charge in [-0.25, -0.2) is 14.5 Å². The lowest BCUT2D eigenvalue weighted by atomic mass is 9.97.